The normalized spacial score (nSPS) is 13.7. The van der Waals surface area contributed by atoms with Gasteiger partial charge in [0, 0.05) is 18.2 Å². The van der Waals surface area contributed by atoms with Crippen LogP contribution in [0.5, 0.6) is 5.75 Å². The molecule has 0 saturated carbocycles. The molecule has 6 heteroatoms. The van der Waals surface area contributed by atoms with Crippen molar-refractivity contribution >= 4 is 17.0 Å². The molecule has 1 aliphatic heterocycles. The van der Waals surface area contributed by atoms with E-state index in [1.165, 1.54) is 12.1 Å². The largest absolute Gasteiger partial charge is 0.484 e. The minimum atomic E-state index is -0.355. The number of nitrogens with one attached hydrogen (secondary N) is 1. The second-order valence-electron chi connectivity index (χ2n) is 5.33. The van der Waals surface area contributed by atoms with Crippen LogP contribution in [0.3, 0.4) is 0 Å². The number of ether oxygens (including phenoxy) is 1. The van der Waals surface area contributed by atoms with Crippen molar-refractivity contribution in [3.8, 4) is 5.75 Å². The molecule has 0 fully saturated rings. The summed E-state index contributed by atoms with van der Waals surface area (Å²) < 4.78 is 24.3. The van der Waals surface area contributed by atoms with Crippen LogP contribution in [0.2, 0.25) is 0 Å². The number of fused-ring (bicyclic) bond motifs is 2. The van der Waals surface area contributed by atoms with Crippen molar-refractivity contribution in [1.82, 2.24) is 10.3 Å². The van der Waals surface area contributed by atoms with Crippen LogP contribution in [0.25, 0.3) is 11.1 Å². The van der Waals surface area contributed by atoms with Gasteiger partial charge >= 0.3 is 0 Å². The molecular formula is C17H13FN2O3. The molecule has 0 bridgehead atoms. The molecule has 0 aliphatic carbocycles. The van der Waals surface area contributed by atoms with Gasteiger partial charge in [0.1, 0.15) is 17.1 Å². The Bertz CT molecular complexity index is 904. The predicted molar refractivity (Wildman–Crippen MR) is 80.8 cm³/mol. The Hall–Kier alpha value is -2.89. The molecular weight excluding hydrogens is 299 g/mol. The van der Waals surface area contributed by atoms with Crippen molar-refractivity contribution in [2.45, 2.75) is 13.0 Å². The number of aromatic nitrogens is 1. The fourth-order valence-electron chi connectivity index (χ4n) is 2.65. The van der Waals surface area contributed by atoms with Crippen LogP contribution in [0.15, 0.2) is 40.8 Å². The van der Waals surface area contributed by atoms with Gasteiger partial charge in [0.05, 0.1) is 0 Å². The molecule has 1 aromatic heterocycles. The van der Waals surface area contributed by atoms with E-state index in [0.717, 1.165) is 12.0 Å². The average molecular weight is 312 g/mol. The van der Waals surface area contributed by atoms with Crippen molar-refractivity contribution in [2.75, 3.05) is 6.54 Å². The van der Waals surface area contributed by atoms with Crippen molar-refractivity contribution in [2.24, 2.45) is 0 Å². The Kier molecular flexibility index (Phi) is 3.22. The number of hydrogen-bond acceptors (Lipinski definition) is 4. The summed E-state index contributed by atoms with van der Waals surface area (Å²) in [4.78, 5) is 15.9. The fraction of sp³-hybridized carbons (Fsp3) is 0.176. The molecule has 1 N–H and O–H groups in total. The van der Waals surface area contributed by atoms with Crippen LogP contribution in [0.1, 0.15) is 21.8 Å². The Morgan fingerprint density at radius 2 is 2.17 bits per heavy atom. The van der Waals surface area contributed by atoms with E-state index in [1.807, 2.05) is 6.07 Å². The first-order chi connectivity index (χ1) is 11.2. The monoisotopic (exact) mass is 312 g/mol. The molecule has 0 spiro atoms. The highest BCUT2D eigenvalue weighted by Crippen LogP contribution is 2.22. The standard InChI is InChI=1S/C17H13FN2O3/c18-11-1-4-15-14(8-11)20-16(23-15)9-22-12-2-3-13-10(7-12)5-6-19-17(13)21/h1-4,7-8H,5-6,9H2,(H,19,21). The Labute approximate surface area is 131 Å². The number of benzene rings is 2. The fourth-order valence-corrected chi connectivity index (χ4v) is 2.65. The van der Waals surface area contributed by atoms with Gasteiger partial charge in [-0.25, -0.2) is 9.37 Å². The van der Waals surface area contributed by atoms with Gasteiger partial charge in [0.15, 0.2) is 12.2 Å². The van der Waals surface area contributed by atoms with Crippen LogP contribution in [0.4, 0.5) is 4.39 Å². The summed E-state index contributed by atoms with van der Waals surface area (Å²) in [6.07, 6.45) is 0.778. The van der Waals surface area contributed by atoms with E-state index < -0.39 is 0 Å². The van der Waals surface area contributed by atoms with E-state index in [2.05, 4.69) is 10.3 Å². The molecule has 5 nitrogen and oxygen atoms in total. The molecule has 3 aromatic rings. The first-order valence-corrected chi connectivity index (χ1v) is 7.28. The first kappa shape index (κ1) is 13.8. The summed E-state index contributed by atoms with van der Waals surface area (Å²) in [7, 11) is 0. The van der Waals surface area contributed by atoms with Crippen LogP contribution in [-0.4, -0.2) is 17.4 Å². The lowest BCUT2D eigenvalue weighted by Crippen LogP contribution is -2.31. The third-order valence-corrected chi connectivity index (χ3v) is 3.76. The van der Waals surface area contributed by atoms with Crippen molar-refractivity contribution in [3.63, 3.8) is 0 Å². The summed E-state index contributed by atoms with van der Waals surface area (Å²) in [5, 5.41) is 2.80. The van der Waals surface area contributed by atoms with Gasteiger partial charge in [0.25, 0.3) is 5.91 Å². The molecule has 23 heavy (non-hydrogen) atoms. The SMILES string of the molecule is O=C1NCCc2cc(OCc3nc4cc(F)ccc4o3)ccc21. The highest BCUT2D eigenvalue weighted by atomic mass is 19.1. The molecule has 4 rings (SSSR count). The molecule has 0 unspecified atom stereocenters. The zero-order valence-corrected chi connectivity index (χ0v) is 12.1. The quantitative estimate of drug-likeness (QED) is 0.807. The summed E-state index contributed by atoms with van der Waals surface area (Å²) in [6.45, 7) is 0.771. The van der Waals surface area contributed by atoms with E-state index in [9.17, 15) is 9.18 Å². The van der Waals surface area contributed by atoms with Crippen molar-refractivity contribution in [1.29, 1.82) is 0 Å². The van der Waals surface area contributed by atoms with Crippen LogP contribution in [-0.2, 0) is 13.0 Å². The number of halogens is 1. The van der Waals surface area contributed by atoms with Crippen LogP contribution in [0, 0.1) is 5.82 Å². The van der Waals surface area contributed by atoms with E-state index in [1.54, 1.807) is 18.2 Å². The molecule has 0 atom stereocenters. The second-order valence-corrected chi connectivity index (χ2v) is 5.33. The van der Waals surface area contributed by atoms with Gasteiger partial charge in [-0.15, -0.1) is 0 Å². The smallest absolute Gasteiger partial charge is 0.251 e. The second kappa shape index (κ2) is 5.39. The van der Waals surface area contributed by atoms with E-state index >= 15 is 0 Å². The van der Waals surface area contributed by atoms with E-state index in [4.69, 9.17) is 9.15 Å². The topological polar surface area (TPSA) is 64.4 Å². The van der Waals surface area contributed by atoms with Crippen LogP contribution < -0.4 is 10.1 Å². The van der Waals surface area contributed by atoms with Crippen molar-refractivity contribution < 1.29 is 18.3 Å². The number of amides is 1. The Balaban J connectivity index is 1.52. The zero-order valence-electron chi connectivity index (χ0n) is 12.1. The number of oxazole rings is 1. The van der Waals surface area contributed by atoms with Gasteiger partial charge in [-0.3, -0.25) is 4.79 Å². The molecule has 0 radical (unpaired) electrons. The highest BCUT2D eigenvalue weighted by Gasteiger charge is 2.17. The summed E-state index contributed by atoms with van der Waals surface area (Å²) in [5.41, 5.74) is 2.63. The average Bonchev–Trinajstić information content (AvgIpc) is 2.95. The first-order valence-electron chi connectivity index (χ1n) is 7.28. The molecule has 2 aromatic carbocycles. The lowest BCUT2D eigenvalue weighted by molar-refractivity contribution is 0.0946. The van der Waals surface area contributed by atoms with Gasteiger partial charge in [0.2, 0.25) is 5.89 Å². The van der Waals surface area contributed by atoms with Gasteiger partial charge < -0.3 is 14.5 Å². The Morgan fingerprint density at radius 3 is 3.09 bits per heavy atom. The third kappa shape index (κ3) is 2.63. The Morgan fingerprint density at radius 1 is 1.26 bits per heavy atom. The van der Waals surface area contributed by atoms with Crippen LogP contribution >= 0.6 is 0 Å². The molecule has 2 heterocycles. The number of nitrogens with zero attached hydrogens (tertiary/aromatic N) is 1. The minimum absolute atomic E-state index is 0.0567. The molecule has 0 saturated heterocycles. The summed E-state index contributed by atoms with van der Waals surface area (Å²) >= 11 is 0. The maximum absolute atomic E-state index is 13.1. The third-order valence-electron chi connectivity index (χ3n) is 3.76. The highest BCUT2D eigenvalue weighted by molar-refractivity contribution is 5.96. The summed E-state index contributed by atoms with van der Waals surface area (Å²) in [5.74, 6) is 0.609. The lowest BCUT2D eigenvalue weighted by Gasteiger charge is -2.17. The van der Waals surface area contributed by atoms with Gasteiger partial charge in [-0.1, -0.05) is 0 Å². The van der Waals surface area contributed by atoms with Gasteiger partial charge in [-0.05, 0) is 42.3 Å². The molecule has 1 amide bonds. The van der Waals surface area contributed by atoms with E-state index in [-0.39, 0.29) is 18.3 Å². The predicted octanol–water partition coefficient (Wildman–Crippen LogP) is 2.83. The summed E-state index contributed by atoms with van der Waals surface area (Å²) in [6, 6.07) is 9.54. The lowest BCUT2D eigenvalue weighted by atomic mass is 10.0. The van der Waals surface area contributed by atoms with E-state index in [0.29, 0.717) is 34.8 Å². The minimum Gasteiger partial charge on any atom is -0.484 e. The van der Waals surface area contributed by atoms with Gasteiger partial charge in [-0.2, -0.15) is 0 Å². The number of carbonyl (C=O) groups excluding carboxylic acids is 1. The maximum atomic E-state index is 13.1. The molecule has 1 aliphatic rings. The maximum Gasteiger partial charge on any atom is 0.251 e. The molecule has 116 valence electrons. The number of carbonyl (C=O) groups is 1. The number of rotatable bonds is 3. The number of hydrogen-bond donors (Lipinski definition) is 1. The van der Waals surface area contributed by atoms with Crippen molar-refractivity contribution in [3.05, 3.63) is 59.2 Å². The zero-order chi connectivity index (χ0) is 15.8.